The number of benzene rings is 2. The van der Waals surface area contributed by atoms with Gasteiger partial charge in [-0.3, -0.25) is 9.59 Å². The number of ether oxygens (including phenoxy) is 3. The number of aromatic hydroxyl groups is 1. The second-order valence-corrected chi connectivity index (χ2v) is 9.40. The van der Waals surface area contributed by atoms with Gasteiger partial charge in [-0.15, -0.1) is 0 Å². The van der Waals surface area contributed by atoms with Crippen molar-refractivity contribution in [3.05, 3.63) is 89.2 Å². The van der Waals surface area contributed by atoms with Crippen LogP contribution in [0.1, 0.15) is 62.2 Å². The number of esters is 1. The fraction of sp³-hybridized carbons (Fsp3) is 0.367. The number of aryl methyl sites for hydroxylation is 1. The first kappa shape index (κ1) is 34.0. The number of nitrogens with two attached hydrogens (primary N) is 1. The minimum atomic E-state index is -0.786. The van der Waals surface area contributed by atoms with Gasteiger partial charge in [-0.05, 0) is 57.5 Å². The smallest absolute Gasteiger partial charge is 0.305 e. The second kappa shape index (κ2) is 16.8. The van der Waals surface area contributed by atoms with Crippen molar-refractivity contribution in [2.75, 3.05) is 7.11 Å². The Hall–Kier alpha value is -4.05. The predicted molar refractivity (Wildman–Crippen MR) is 148 cm³/mol. The molecule has 1 amide bonds. The number of nitrogens with zero attached hydrogens (tertiary/aromatic N) is 1. The topological polar surface area (TPSA) is 121 Å². The molecule has 0 spiro atoms. The Kier molecular flexibility index (Phi) is 14.3. The molecule has 218 valence electrons. The summed E-state index contributed by atoms with van der Waals surface area (Å²) in [6, 6.07) is 14.1. The number of aromatic nitrogens is 1. The molecule has 0 saturated heterocycles. The number of halogens is 2. The van der Waals surface area contributed by atoms with Crippen molar-refractivity contribution in [1.29, 1.82) is 0 Å². The van der Waals surface area contributed by atoms with Gasteiger partial charge in [0.05, 0.1) is 19.3 Å². The van der Waals surface area contributed by atoms with Gasteiger partial charge in [0, 0.05) is 25.1 Å². The first-order chi connectivity index (χ1) is 18.8. The number of hydrogen-bond acceptors (Lipinski definition) is 7. The molecule has 0 aliphatic rings. The van der Waals surface area contributed by atoms with Gasteiger partial charge in [0.15, 0.2) is 17.2 Å². The van der Waals surface area contributed by atoms with E-state index in [1.807, 2.05) is 27.7 Å². The molecule has 1 atom stereocenters. The number of primary amides is 1. The molecule has 3 rings (SSSR count). The third kappa shape index (κ3) is 13.1. The van der Waals surface area contributed by atoms with Gasteiger partial charge < -0.3 is 25.1 Å². The highest BCUT2D eigenvalue weighted by molar-refractivity contribution is 5.94. The monoisotopic (exact) mass is 560 g/mol. The van der Waals surface area contributed by atoms with Crippen LogP contribution in [0.5, 0.6) is 11.5 Å². The maximum Gasteiger partial charge on any atom is 0.305 e. The highest BCUT2D eigenvalue weighted by Gasteiger charge is 2.23. The van der Waals surface area contributed by atoms with Crippen LogP contribution in [0.2, 0.25) is 0 Å². The lowest BCUT2D eigenvalue weighted by Crippen LogP contribution is -2.31. The first-order valence-electron chi connectivity index (χ1n) is 12.6. The summed E-state index contributed by atoms with van der Waals surface area (Å²) in [5.41, 5.74) is 6.32. The molecule has 8 nitrogen and oxygen atoms in total. The Morgan fingerprint density at radius 1 is 1.02 bits per heavy atom. The standard InChI is InChI=1S/C16H23FO3.C7H7F.C7H8N2O3/c1-5-15(18)20-12(2)10-16(3,4)19-11-13-6-8-14(17)9-7-13;1-6-2-4-7(8)5-3-6;1-12-4-2-3-9-5(6(4)10)7(8)11/h6-9,12H,5,10-11H2,1-4H3;2-5H,1H3;2-3,10H,1H3,(H2,8,11). The van der Waals surface area contributed by atoms with E-state index in [4.69, 9.17) is 19.9 Å². The Balaban J connectivity index is 0.000000336. The SMILES string of the molecule is CCC(=O)OC(C)CC(C)(C)OCc1ccc(F)cc1.COc1ccnc(C(N)=O)c1O.Cc1ccc(F)cc1. The molecule has 40 heavy (non-hydrogen) atoms. The summed E-state index contributed by atoms with van der Waals surface area (Å²) in [6.45, 7) is 9.86. The summed E-state index contributed by atoms with van der Waals surface area (Å²) < 4.78 is 40.7. The van der Waals surface area contributed by atoms with E-state index in [0.717, 1.165) is 11.1 Å². The van der Waals surface area contributed by atoms with E-state index in [1.54, 1.807) is 31.2 Å². The number of rotatable bonds is 9. The van der Waals surface area contributed by atoms with Crippen molar-refractivity contribution in [3.8, 4) is 11.5 Å². The van der Waals surface area contributed by atoms with Gasteiger partial charge in [0.25, 0.3) is 5.91 Å². The van der Waals surface area contributed by atoms with Crippen LogP contribution in [0.4, 0.5) is 8.78 Å². The van der Waals surface area contributed by atoms with Gasteiger partial charge in [-0.1, -0.05) is 36.8 Å². The van der Waals surface area contributed by atoms with E-state index >= 15 is 0 Å². The molecule has 10 heteroatoms. The number of carbonyl (C=O) groups excluding carboxylic acids is 2. The lowest BCUT2D eigenvalue weighted by molar-refractivity contribution is -0.151. The number of amides is 1. The van der Waals surface area contributed by atoms with Crippen LogP contribution in [0, 0.1) is 18.6 Å². The Morgan fingerprint density at radius 2 is 1.57 bits per heavy atom. The third-order valence-corrected chi connectivity index (χ3v) is 5.29. The van der Waals surface area contributed by atoms with E-state index < -0.39 is 11.5 Å². The third-order valence-electron chi connectivity index (χ3n) is 5.29. The van der Waals surface area contributed by atoms with Crippen molar-refractivity contribution in [1.82, 2.24) is 4.98 Å². The molecule has 3 aromatic rings. The zero-order chi connectivity index (χ0) is 30.3. The van der Waals surface area contributed by atoms with Gasteiger partial charge in [-0.2, -0.15) is 0 Å². The zero-order valence-electron chi connectivity index (χ0n) is 23.7. The van der Waals surface area contributed by atoms with Crippen LogP contribution in [0.25, 0.3) is 0 Å². The number of methoxy groups -OCH3 is 1. The molecule has 0 bridgehead atoms. The summed E-state index contributed by atoms with van der Waals surface area (Å²) in [4.78, 5) is 25.4. The number of hydrogen-bond donors (Lipinski definition) is 2. The molecular weight excluding hydrogens is 522 g/mol. The van der Waals surface area contributed by atoms with E-state index in [0.29, 0.717) is 19.4 Å². The highest BCUT2D eigenvalue weighted by Crippen LogP contribution is 2.26. The van der Waals surface area contributed by atoms with E-state index in [9.17, 15) is 23.5 Å². The molecular formula is C30H38F2N2O6. The highest BCUT2D eigenvalue weighted by atomic mass is 19.1. The van der Waals surface area contributed by atoms with Crippen molar-refractivity contribution in [2.45, 2.75) is 65.8 Å². The van der Waals surface area contributed by atoms with Crippen molar-refractivity contribution < 1.29 is 37.7 Å². The molecule has 0 fully saturated rings. The van der Waals surface area contributed by atoms with Crippen LogP contribution in [-0.4, -0.2) is 40.8 Å². The van der Waals surface area contributed by atoms with Crippen molar-refractivity contribution in [3.63, 3.8) is 0 Å². The van der Waals surface area contributed by atoms with Crippen LogP contribution in [0.15, 0.2) is 60.8 Å². The lowest BCUT2D eigenvalue weighted by Gasteiger charge is -2.28. The summed E-state index contributed by atoms with van der Waals surface area (Å²) in [5.74, 6) is -1.56. The molecule has 0 aliphatic heterocycles. The molecule has 3 N–H and O–H groups in total. The quantitative estimate of drug-likeness (QED) is 0.314. The van der Waals surface area contributed by atoms with Gasteiger partial charge in [0.2, 0.25) is 0 Å². The van der Waals surface area contributed by atoms with Crippen LogP contribution in [0.3, 0.4) is 0 Å². The summed E-state index contributed by atoms with van der Waals surface area (Å²) in [7, 11) is 1.37. The van der Waals surface area contributed by atoms with Crippen LogP contribution < -0.4 is 10.5 Å². The molecule has 2 aromatic carbocycles. The fourth-order valence-electron chi connectivity index (χ4n) is 3.27. The minimum absolute atomic E-state index is 0.171. The average Bonchev–Trinajstić information content (AvgIpc) is 2.90. The Labute approximate surface area is 234 Å². The van der Waals surface area contributed by atoms with E-state index in [2.05, 4.69) is 4.98 Å². The Morgan fingerprint density at radius 3 is 2.05 bits per heavy atom. The molecule has 1 aromatic heterocycles. The zero-order valence-corrected chi connectivity index (χ0v) is 23.7. The van der Waals surface area contributed by atoms with Gasteiger partial charge in [0.1, 0.15) is 17.7 Å². The average molecular weight is 561 g/mol. The maximum absolute atomic E-state index is 12.8. The summed E-state index contributed by atoms with van der Waals surface area (Å²) in [5, 5.41) is 9.27. The minimum Gasteiger partial charge on any atom is -0.503 e. The van der Waals surface area contributed by atoms with Gasteiger partial charge in [-0.25, -0.2) is 13.8 Å². The van der Waals surface area contributed by atoms with Crippen LogP contribution in [-0.2, 0) is 20.9 Å². The summed E-state index contributed by atoms with van der Waals surface area (Å²) in [6.07, 6.45) is 2.13. The molecule has 0 aliphatic carbocycles. The second-order valence-electron chi connectivity index (χ2n) is 9.40. The van der Waals surface area contributed by atoms with Crippen molar-refractivity contribution in [2.24, 2.45) is 5.73 Å². The van der Waals surface area contributed by atoms with E-state index in [1.165, 1.54) is 43.6 Å². The lowest BCUT2D eigenvalue weighted by atomic mass is 10.0. The van der Waals surface area contributed by atoms with E-state index in [-0.39, 0.29) is 40.9 Å². The van der Waals surface area contributed by atoms with Gasteiger partial charge >= 0.3 is 5.97 Å². The predicted octanol–water partition coefficient (Wildman–Crippen LogP) is 5.88. The fourth-order valence-corrected chi connectivity index (χ4v) is 3.27. The molecule has 1 heterocycles. The van der Waals surface area contributed by atoms with Crippen molar-refractivity contribution >= 4 is 11.9 Å². The normalized spacial score (nSPS) is 11.2. The largest absolute Gasteiger partial charge is 0.503 e. The molecule has 0 saturated carbocycles. The Bertz CT molecular complexity index is 1180. The number of pyridine rings is 1. The maximum atomic E-state index is 12.8. The molecule has 0 radical (unpaired) electrons. The molecule has 1 unspecified atom stereocenters. The number of carbonyl (C=O) groups is 2. The van der Waals surface area contributed by atoms with Crippen LogP contribution >= 0.6 is 0 Å². The summed E-state index contributed by atoms with van der Waals surface area (Å²) >= 11 is 0. The first-order valence-corrected chi connectivity index (χ1v) is 12.6.